The third-order valence-corrected chi connectivity index (χ3v) is 5.49. The van der Waals surface area contributed by atoms with E-state index >= 15 is 0 Å². The van der Waals surface area contributed by atoms with Crippen molar-refractivity contribution in [1.29, 1.82) is 0 Å². The summed E-state index contributed by atoms with van der Waals surface area (Å²) in [5.41, 5.74) is 1.82. The average Bonchev–Trinajstić information content (AvgIpc) is 3.09. The summed E-state index contributed by atoms with van der Waals surface area (Å²) < 4.78 is 16.6. The summed E-state index contributed by atoms with van der Waals surface area (Å²) in [5.74, 6) is -0.219. The number of nitrogens with zero attached hydrogens (tertiary/aromatic N) is 3. The Balaban J connectivity index is 2.00. The standard InChI is InChI=1S/C20H27ClFN3/c1-3-20(18-11-10-15(21)12-19(18)22)25(16-8-6-5-7-9-16)17-13-23-24(4-2)14-17/h10-14,16,20H,3-9H2,1-2H3. The lowest BCUT2D eigenvalue weighted by Gasteiger charge is -2.41. The lowest BCUT2D eigenvalue weighted by Crippen LogP contribution is -2.40. The summed E-state index contributed by atoms with van der Waals surface area (Å²) >= 11 is 5.97. The highest BCUT2D eigenvalue weighted by Crippen LogP contribution is 2.37. The van der Waals surface area contributed by atoms with Gasteiger partial charge in [0.2, 0.25) is 0 Å². The summed E-state index contributed by atoms with van der Waals surface area (Å²) in [6.45, 7) is 5.04. The minimum atomic E-state index is -0.219. The first kappa shape index (κ1) is 18.2. The molecule has 1 aromatic heterocycles. The Kier molecular flexibility index (Phi) is 6.00. The van der Waals surface area contributed by atoms with Crippen molar-refractivity contribution in [3.05, 3.63) is 47.0 Å². The molecule has 1 heterocycles. The van der Waals surface area contributed by atoms with Crippen molar-refractivity contribution >= 4 is 17.3 Å². The Hall–Kier alpha value is -1.55. The molecule has 0 spiro atoms. The van der Waals surface area contributed by atoms with E-state index in [9.17, 15) is 4.39 Å². The van der Waals surface area contributed by atoms with Gasteiger partial charge in [-0.3, -0.25) is 4.68 Å². The fraction of sp³-hybridized carbons (Fsp3) is 0.550. The molecule has 0 radical (unpaired) electrons. The minimum absolute atomic E-state index is 0.00475. The lowest BCUT2D eigenvalue weighted by atomic mass is 9.90. The van der Waals surface area contributed by atoms with E-state index in [1.165, 1.54) is 25.3 Å². The van der Waals surface area contributed by atoms with Crippen LogP contribution in [0.5, 0.6) is 0 Å². The molecule has 3 nitrogen and oxygen atoms in total. The van der Waals surface area contributed by atoms with E-state index in [0.717, 1.165) is 37.1 Å². The molecule has 1 saturated carbocycles. The Labute approximate surface area is 154 Å². The predicted octanol–water partition coefficient (Wildman–Crippen LogP) is 5.99. The van der Waals surface area contributed by atoms with Crippen molar-refractivity contribution < 1.29 is 4.39 Å². The average molecular weight is 364 g/mol. The molecule has 0 N–H and O–H groups in total. The van der Waals surface area contributed by atoms with Gasteiger partial charge in [-0.15, -0.1) is 0 Å². The molecule has 0 saturated heterocycles. The van der Waals surface area contributed by atoms with Crippen LogP contribution in [0.25, 0.3) is 0 Å². The zero-order valence-corrected chi connectivity index (χ0v) is 15.8. The zero-order chi connectivity index (χ0) is 17.8. The Bertz CT molecular complexity index is 694. The molecule has 2 aromatic rings. The van der Waals surface area contributed by atoms with Crippen LogP contribution in [0.1, 0.15) is 64.0 Å². The Morgan fingerprint density at radius 3 is 2.64 bits per heavy atom. The second kappa shape index (κ2) is 8.22. The summed E-state index contributed by atoms with van der Waals surface area (Å²) in [5, 5.41) is 4.90. The third kappa shape index (κ3) is 4.00. The summed E-state index contributed by atoms with van der Waals surface area (Å²) in [4.78, 5) is 2.41. The van der Waals surface area contributed by atoms with Gasteiger partial charge < -0.3 is 4.90 Å². The van der Waals surface area contributed by atoms with Crippen LogP contribution in [0, 0.1) is 5.82 Å². The van der Waals surface area contributed by atoms with E-state index in [1.54, 1.807) is 6.07 Å². The number of aryl methyl sites for hydroxylation is 1. The van der Waals surface area contributed by atoms with Gasteiger partial charge in [0.25, 0.3) is 0 Å². The topological polar surface area (TPSA) is 21.1 Å². The fourth-order valence-corrected chi connectivity index (χ4v) is 4.16. The van der Waals surface area contributed by atoms with E-state index in [4.69, 9.17) is 11.6 Å². The molecule has 25 heavy (non-hydrogen) atoms. The highest BCUT2D eigenvalue weighted by Gasteiger charge is 2.30. The predicted molar refractivity (Wildman–Crippen MR) is 102 cm³/mol. The molecule has 0 aliphatic heterocycles. The number of hydrogen-bond donors (Lipinski definition) is 0. The second-order valence-corrected chi connectivity index (χ2v) is 7.28. The molecule has 0 amide bonds. The van der Waals surface area contributed by atoms with Crippen LogP contribution >= 0.6 is 11.6 Å². The molecule has 1 aliphatic rings. The van der Waals surface area contributed by atoms with Gasteiger partial charge >= 0.3 is 0 Å². The first-order valence-electron chi connectivity index (χ1n) is 9.39. The normalized spacial score (nSPS) is 16.8. The molecule has 0 bridgehead atoms. The van der Waals surface area contributed by atoms with Crippen LogP contribution < -0.4 is 4.90 Å². The van der Waals surface area contributed by atoms with Crippen molar-refractivity contribution in [2.75, 3.05) is 4.90 Å². The molecule has 1 unspecified atom stereocenters. The summed E-state index contributed by atoms with van der Waals surface area (Å²) in [6.07, 6.45) is 10.9. The monoisotopic (exact) mass is 363 g/mol. The smallest absolute Gasteiger partial charge is 0.129 e. The number of rotatable bonds is 6. The minimum Gasteiger partial charge on any atom is -0.359 e. The van der Waals surface area contributed by atoms with Crippen LogP contribution in [-0.4, -0.2) is 15.8 Å². The number of halogens is 2. The SMILES string of the molecule is CCC(c1ccc(Cl)cc1F)N(c1cnn(CC)c1)C1CCCCC1. The largest absolute Gasteiger partial charge is 0.359 e. The van der Waals surface area contributed by atoms with Crippen LogP contribution in [0.2, 0.25) is 5.02 Å². The van der Waals surface area contributed by atoms with Gasteiger partial charge in [0, 0.05) is 29.4 Å². The van der Waals surface area contributed by atoms with Crippen LogP contribution in [0.3, 0.4) is 0 Å². The molecule has 1 aromatic carbocycles. The van der Waals surface area contributed by atoms with Gasteiger partial charge in [-0.1, -0.05) is 43.9 Å². The fourth-order valence-electron chi connectivity index (χ4n) is 4.00. The molecule has 1 aliphatic carbocycles. The van der Waals surface area contributed by atoms with Crippen molar-refractivity contribution in [3.63, 3.8) is 0 Å². The maximum absolute atomic E-state index is 14.7. The summed E-state index contributed by atoms with van der Waals surface area (Å²) in [7, 11) is 0. The van der Waals surface area contributed by atoms with Crippen molar-refractivity contribution in [1.82, 2.24) is 9.78 Å². The number of benzene rings is 1. The van der Waals surface area contributed by atoms with Gasteiger partial charge in [0.15, 0.2) is 0 Å². The lowest BCUT2D eigenvalue weighted by molar-refractivity contribution is 0.381. The maximum atomic E-state index is 14.7. The first-order chi connectivity index (χ1) is 12.1. The number of aromatic nitrogens is 2. The zero-order valence-electron chi connectivity index (χ0n) is 15.1. The number of hydrogen-bond acceptors (Lipinski definition) is 2. The van der Waals surface area contributed by atoms with Crippen molar-refractivity contribution in [3.8, 4) is 0 Å². The van der Waals surface area contributed by atoms with Crippen LogP contribution in [0.15, 0.2) is 30.6 Å². The van der Waals surface area contributed by atoms with Crippen LogP contribution in [0.4, 0.5) is 10.1 Å². The molecular weight excluding hydrogens is 337 g/mol. The molecule has 1 atom stereocenters. The molecule has 5 heteroatoms. The second-order valence-electron chi connectivity index (χ2n) is 6.84. The molecular formula is C20H27ClFN3. The molecule has 1 fully saturated rings. The van der Waals surface area contributed by atoms with Gasteiger partial charge in [0.05, 0.1) is 17.9 Å². The van der Waals surface area contributed by atoms with E-state index in [0.29, 0.717) is 11.1 Å². The highest BCUT2D eigenvalue weighted by molar-refractivity contribution is 6.30. The molecule has 3 rings (SSSR count). The van der Waals surface area contributed by atoms with E-state index in [-0.39, 0.29) is 11.9 Å². The quantitative estimate of drug-likeness (QED) is 0.628. The van der Waals surface area contributed by atoms with Gasteiger partial charge in [-0.25, -0.2) is 4.39 Å². The third-order valence-electron chi connectivity index (χ3n) is 5.25. The van der Waals surface area contributed by atoms with Crippen molar-refractivity contribution in [2.45, 2.75) is 71.0 Å². The van der Waals surface area contributed by atoms with E-state index in [1.807, 2.05) is 16.9 Å². The van der Waals surface area contributed by atoms with Gasteiger partial charge in [-0.2, -0.15) is 5.10 Å². The van der Waals surface area contributed by atoms with Gasteiger partial charge in [0.1, 0.15) is 5.82 Å². The van der Waals surface area contributed by atoms with Crippen LogP contribution in [-0.2, 0) is 6.54 Å². The first-order valence-corrected chi connectivity index (χ1v) is 9.77. The summed E-state index contributed by atoms with van der Waals surface area (Å²) in [6, 6.07) is 5.48. The van der Waals surface area contributed by atoms with Gasteiger partial charge in [-0.05, 0) is 38.3 Å². The maximum Gasteiger partial charge on any atom is 0.129 e. The van der Waals surface area contributed by atoms with E-state index < -0.39 is 0 Å². The Morgan fingerprint density at radius 2 is 2.04 bits per heavy atom. The number of anilines is 1. The van der Waals surface area contributed by atoms with E-state index in [2.05, 4.69) is 30.0 Å². The highest BCUT2D eigenvalue weighted by atomic mass is 35.5. The Morgan fingerprint density at radius 1 is 1.28 bits per heavy atom. The van der Waals surface area contributed by atoms with Crippen molar-refractivity contribution in [2.24, 2.45) is 0 Å². The molecule has 136 valence electrons.